The van der Waals surface area contributed by atoms with E-state index in [2.05, 4.69) is 0 Å². The van der Waals surface area contributed by atoms with Gasteiger partial charge in [-0.15, -0.1) is 0 Å². The summed E-state index contributed by atoms with van der Waals surface area (Å²) in [5.74, 6) is -3.23. The van der Waals surface area contributed by atoms with E-state index in [1.165, 1.54) is 9.80 Å². The summed E-state index contributed by atoms with van der Waals surface area (Å²) in [6, 6.07) is 14.6. The highest BCUT2D eigenvalue weighted by atomic mass is 35.5. The number of hydrogen-bond donors (Lipinski definition) is 1. The van der Waals surface area contributed by atoms with Gasteiger partial charge in [-0.25, -0.2) is 0 Å². The number of anilines is 1. The molecule has 8 nitrogen and oxygen atoms in total. The molecule has 1 spiro atoms. The lowest BCUT2D eigenvalue weighted by Crippen LogP contribution is -2.58. The average Bonchev–Trinajstić information content (AvgIpc) is 3.23. The fourth-order valence-corrected chi connectivity index (χ4v) is 6.56. The number of carbonyl (C=O) groups excluding carboxylic acids is 3. The third-order valence-corrected chi connectivity index (χ3v) is 8.23. The van der Waals surface area contributed by atoms with Gasteiger partial charge in [0, 0.05) is 6.54 Å². The number of ether oxygens (including phenoxy) is 2. The second kappa shape index (κ2) is 9.69. The lowest BCUT2D eigenvalue weighted by Gasteiger charge is -2.38. The number of cyclic esters (lactones) is 1. The number of para-hydroxylation sites is 1. The van der Waals surface area contributed by atoms with Gasteiger partial charge in [-0.05, 0) is 30.2 Å². The molecular formula is C29H27ClN2O6. The van der Waals surface area contributed by atoms with Gasteiger partial charge in [-0.1, -0.05) is 72.3 Å². The Morgan fingerprint density at radius 2 is 1.79 bits per heavy atom. The number of nitrogens with zero attached hydrogens (tertiary/aromatic N) is 2. The van der Waals surface area contributed by atoms with Gasteiger partial charge in [0.05, 0.1) is 35.4 Å². The van der Waals surface area contributed by atoms with Crippen molar-refractivity contribution >= 4 is 35.1 Å². The molecule has 196 valence electrons. The van der Waals surface area contributed by atoms with Gasteiger partial charge in [0.1, 0.15) is 24.2 Å². The van der Waals surface area contributed by atoms with Crippen LogP contribution in [0.15, 0.2) is 78.9 Å². The number of fused-ring (bicyclic) bond motifs is 2. The van der Waals surface area contributed by atoms with Crippen LogP contribution in [0.2, 0.25) is 5.02 Å². The van der Waals surface area contributed by atoms with Gasteiger partial charge in [0.2, 0.25) is 5.91 Å². The molecule has 0 bridgehead atoms. The zero-order valence-electron chi connectivity index (χ0n) is 20.5. The second-order valence-corrected chi connectivity index (χ2v) is 10.4. The molecule has 1 N–H and O–H groups in total. The summed E-state index contributed by atoms with van der Waals surface area (Å²) >= 11 is 6.49. The maximum absolute atomic E-state index is 14.4. The SMILES string of the molecule is O=C1OCC=C[C@H]2O[C@]34C=CCN(c5ccccc5Cl)C(=O)C3N([C@@H](CO)Cc3ccccc3)C(=O)[C@@H]4[C@@H]12. The van der Waals surface area contributed by atoms with E-state index in [1.54, 1.807) is 48.6 Å². The molecule has 0 radical (unpaired) electrons. The van der Waals surface area contributed by atoms with E-state index in [4.69, 9.17) is 21.1 Å². The van der Waals surface area contributed by atoms with E-state index in [0.717, 1.165) is 5.56 Å². The number of benzene rings is 2. The van der Waals surface area contributed by atoms with Crippen LogP contribution in [-0.2, 0) is 30.3 Å². The molecule has 0 aromatic heterocycles. The first-order valence-electron chi connectivity index (χ1n) is 12.7. The van der Waals surface area contributed by atoms with Crippen molar-refractivity contribution in [2.75, 3.05) is 24.7 Å². The predicted octanol–water partition coefficient (Wildman–Crippen LogP) is 2.54. The minimum Gasteiger partial charge on any atom is -0.461 e. The largest absolute Gasteiger partial charge is 0.461 e. The molecule has 0 saturated carbocycles. The molecule has 2 saturated heterocycles. The molecular weight excluding hydrogens is 508 g/mol. The van der Waals surface area contributed by atoms with Crippen LogP contribution in [-0.4, -0.2) is 71.3 Å². The monoisotopic (exact) mass is 534 g/mol. The lowest BCUT2D eigenvalue weighted by molar-refractivity contribution is -0.153. The highest BCUT2D eigenvalue weighted by Crippen LogP contribution is 2.54. The fourth-order valence-electron chi connectivity index (χ4n) is 6.33. The molecule has 4 aliphatic rings. The van der Waals surface area contributed by atoms with Crippen molar-refractivity contribution in [3.05, 3.63) is 89.5 Å². The Morgan fingerprint density at radius 3 is 2.55 bits per heavy atom. The van der Waals surface area contributed by atoms with Crippen molar-refractivity contribution in [2.24, 2.45) is 11.8 Å². The highest BCUT2D eigenvalue weighted by Gasteiger charge is 2.72. The van der Waals surface area contributed by atoms with E-state index in [-0.39, 0.29) is 25.7 Å². The summed E-state index contributed by atoms with van der Waals surface area (Å²) in [5.41, 5.74) is -0.00268. The van der Waals surface area contributed by atoms with E-state index in [1.807, 2.05) is 30.3 Å². The molecule has 4 heterocycles. The van der Waals surface area contributed by atoms with E-state index >= 15 is 0 Å². The van der Waals surface area contributed by atoms with Crippen molar-refractivity contribution in [2.45, 2.75) is 30.2 Å². The fraction of sp³-hybridized carbons (Fsp3) is 0.345. The predicted molar refractivity (Wildman–Crippen MR) is 139 cm³/mol. The van der Waals surface area contributed by atoms with E-state index in [0.29, 0.717) is 17.1 Å². The van der Waals surface area contributed by atoms with Gasteiger partial charge < -0.3 is 24.4 Å². The Morgan fingerprint density at radius 1 is 1.03 bits per heavy atom. The van der Waals surface area contributed by atoms with Gasteiger partial charge in [-0.2, -0.15) is 0 Å². The van der Waals surface area contributed by atoms with Crippen molar-refractivity contribution < 1.29 is 29.0 Å². The van der Waals surface area contributed by atoms with Crippen LogP contribution in [0.1, 0.15) is 5.56 Å². The number of aliphatic hydroxyl groups is 1. The summed E-state index contributed by atoms with van der Waals surface area (Å²) in [5, 5.41) is 10.9. The van der Waals surface area contributed by atoms with Crippen LogP contribution in [0, 0.1) is 11.8 Å². The van der Waals surface area contributed by atoms with Gasteiger partial charge in [-0.3, -0.25) is 14.4 Å². The maximum Gasteiger partial charge on any atom is 0.313 e. The summed E-state index contributed by atoms with van der Waals surface area (Å²) in [4.78, 5) is 44.8. The summed E-state index contributed by atoms with van der Waals surface area (Å²) < 4.78 is 11.9. The minimum absolute atomic E-state index is 0.0958. The number of hydrogen-bond acceptors (Lipinski definition) is 6. The Kier molecular flexibility index (Phi) is 6.34. The third-order valence-electron chi connectivity index (χ3n) is 7.91. The van der Waals surface area contributed by atoms with Crippen LogP contribution in [0.3, 0.4) is 0 Å². The maximum atomic E-state index is 14.4. The van der Waals surface area contributed by atoms with Crippen LogP contribution in [0.25, 0.3) is 0 Å². The van der Waals surface area contributed by atoms with Crippen molar-refractivity contribution in [3.63, 3.8) is 0 Å². The molecule has 0 aliphatic carbocycles. The number of rotatable bonds is 5. The third kappa shape index (κ3) is 3.78. The molecule has 4 aliphatic heterocycles. The standard InChI is InChI=1S/C29H27ClN2O6/c30-20-10-4-5-11-21(20)31-14-7-13-29-24(23-22(38-29)12-6-15-37-28(23)36)26(34)32(25(29)27(31)35)19(17-33)16-18-8-2-1-3-9-18/h1-13,19,22-25,33H,14-17H2/t19-,22-,23+,24+,25?,29+/m1/s1. The van der Waals surface area contributed by atoms with Crippen molar-refractivity contribution in [3.8, 4) is 0 Å². The first kappa shape index (κ1) is 24.9. The number of esters is 1. The number of likely N-dealkylation sites (tertiary alicyclic amines) is 1. The first-order valence-corrected chi connectivity index (χ1v) is 13.1. The highest BCUT2D eigenvalue weighted by molar-refractivity contribution is 6.34. The Bertz CT molecular complexity index is 1330. The van der Waals surface area contributed by atoms with Crippen molar-refractivity contribution in [1.82, 2.24) is 4.90 Å². The van der Waals surface area contributed by atoms with Gasteiger partial charge in [0.15, 0.2) is 0 Å². The van der Waals surface area contributed by atoms with Crippen LogP contribution >= 0.6 is 11.6 Å². The van der Waals surface area contributed by atoms with Gasteiger partial charge in [0.25, 0.3) is 5.91 Å². The Balaban J connectivity index is 1.49. The quantitative estimate of drug-likeness (QED) is 0.468. The molecule has 2 aromatic rings. The second-order valence-electron chi connectivity index (χ2n) is 9.97. The van der Waals surface area contributed by atoms with Crippen LogP contribution < -0.4 is 4.90 Å². The molecule has 9 heteroatoms. The zero-order valence-corrected chi connectivity index (χ0v) is 21.2. The summed E-state index contributed by atoms with van der Waals surface area (Å²) in [6.45, 7) is -0.0724. The van der Waals surface area contributed by atoms with Crippen LogP contribution in [0.5, 0.6) is 0 Å². The number of aliphatic hydroxyl groups excluding tert-OH is 1. The topological polar surface area (TPSA) is 96.4 Å². The lowest BCUT2D eigenvalue weighted by atomic mass is 9.78. The Hall–Kier alpha value is -3.46. The van der Waals surface area contributed by atoms with E-state index in [9.17, 15) is 19.5 Å². The smallest absolute Gasteiger partial charge is 0.313 e. The molecule has 2 fully saturated rings. The molecule has 6 rings (SSSR count). The van der Waals surface area contributed by atoms with Crippen LogP contribution in [0.4, 0.5) is 5.69 Å². The van der Waals surface area contributed by atoms with Gasteiger partial charge >= 0.3 is 5.97 Å². The average molecular weight is 535 g/mol. The number of halogens is 1. The summed E-state index contributed by atoms with van der Waals surface area (Å²) in [7, 11) is 0. The van der Waals surface area contributed by atoms with Crippen molar-refractivity contribution in [1.29, 1.82) is 0 Å². The summed E-state index contributed by atoms with van der Waals surface area (Å²) in [6.07, 6.45) is 6.58. The molecule has 1 unspecified atom stereocenters. The first-order chi connectivity index (χ1) is 18.5. The Labute approximate surface area is 225 Å². The molecule has 2 amide bonds. The normalized spacial score (nSPS) is 30.8. The minimum atomic E-state index is -1.41. The zero-order chi connectivity index (χ0) is 26.4. The molecule has 38 heavy (non-hydrogen) atoms. The number of amides is 2. The van der Waals surface area contributed by atoms with E-state index < -0.39 is 47.5 Å². The molecule has 6 atom stereocenters. The number of carbonyl (C=O) groups is 3. The molecule has 2 aromatic carbocycles.